The van der Waals surface area contributed by atoms with E-state index in [2.05, 4.69) is 5.32 Å². The topological polar surface area (TPSA) is 78.9 Å². The molecule has 0 saturated heterocycles. The van der Waals surface area contributed by atoms with Gasteiger partial charge in [-0.3, -0.25) is 4.79 Å². The summed E-state index contributed by atoms with van der Waals surface area (Å²) in [7, 11) is 0. The number of hydrogen-bond acceptors (Lipinski definition) is 4. The van der Waals surface area contributed by atoms with Gasteiger partial charge in [0.05, 0.1) is 11.3 Å². The number of hydrogen-bond donors (Lipinski definition) is 2. The van der Waals surface area contributed by atoms with Gasteiger partial charge in [-0.15, -0.1) is 11.3 Å². The Balaban J connectivity index is 2.20. The molecule has 0 aliphatic heterocycles. The van der Waals surface area contributed by atoms with Crippen molar-refractivity contribution >= 4 is 34.5 Å². The van der Waals surface area contributed by atoms with Crippen molar-refractivity contribution in [2.24, 2.45) is 5.73 Å². The number of benzene rings is 1. The summed E-state index contributed by atoms with van der Waals surface area (Å²) in [6, 6.07) is 9.52. The van der Waals surface area contributed by atoms with Crippen LogP contribution in [0.3, 0.4) is 0 Å². The normalized spacial score (nSPS) is 11.6. The summed E-state index contributed by atoms with van der Waals surface area (Å²) in [6.07, 6.45) is 0. The van der Waals surface area contributed by atoms with E-state index in [-0.39, 0.29) is 5.91 Å². The molecule has 2 aromatic rings. The summed E-state index contributed by atoms with van der Waals surface area (Å²) >= 11 is 7.25. The van der Waals surface area contributed by atoms with Crippen molar-refractivity contribution in [3.8, 4) is 6.07 Å². The molecule has 4 nitrogen and oxygen atoms in total. The molecule has 0 radical (unpaired) electrons. The van der Waals surface area contributed by atoms with Crippen molar-refractivity contribution in [3.63, 3.8) is 0 Å². The molecule has 0 saturated carbocycles. The number of nitrogens with two attached hydrogens (primary N) is 1. The molecule has 3 N–H and O–H groups in total. The zero-order chi connectivity index (χ0) is 13.8. The molecule has 2 rings (SSSR count). The van der Waals surface area contributed by atoms with Gasteiger partial charge in [0, 0.05) is 9.90 Å². The van der Waals surface area contributed by atoms with Crippen molar-refractivity contribution in [2.75, 3.05) is 5.32 Å². The van der Waals surface area contributed by atoms with E-state index in [1.54, 1.807) is 18.2 Å². The first-order valence-corrected chi connectivity index (χ1v) is 6.67. The lowest BCUT2D eigenvalue weighted by molar-refractivity contribution is -0.117. The summed E-state index contributed by atoms with van der Waals surface area (Å²) < 4.78 is 0. The Labute approximate surface area is 119 Å². The van der Waals surface area contributed by atoms with E-state index in [4.69, 9.17) is 22.6 Å². The van der Waals surface area contributed by atoms with Crippen LogP contribution >= 0.6 is 22.9 Å². The Morgan fingerprint density at radius 3 is 2.89 bits per heavy atom. The highest BCUT2D eigenvalue weighted by molar-refractivity contribution is 7.10. The zero-order valence-corrected chi connectivity index (χ0v) is 11.3. The van der Waals surface area contributed by atoms with Crippen LogP contribution in [0.4, 0.5) is 5.69 Å². The zero-order valence-electron chi connectivity index (χ0n) is 9.76. The number of carbonyl (C=O) groups is 1. The number of nitrogens with one attached hydrogen (secondary N) is 1. The van der Waals surface area contributed by atoms with Gasteiger partial charge in [0.25, 0.3) is 0 Å². The Kier molecular flexibility index (Phi) is 4.17. The van der Waals surface area contributed by atoms with Crippen molar-refractivity contribution in [1.82, 2.24) is 0 Å². The fraction of sp³-hybridized carbons (Fsp3) is 0.0769. The maximum Gasteiger partial charge on any atom is 0.246 e. The summed E-state index contributed by atoms with van der Waals surface area (Å²) in [5.74, 6) is -0.374. The predicted octanol–water partition coefficient (Wildman–Crippen LogP) is 2.91. The molecule has 19 heavy (non-hydrogen) atoms. The lowest BCUT2D eigenvalue weighted by Gasteiger charge is -2.12. The molecular weight excluding hydrogens is 282 g/mol. The standard InChI is InChI=1S/C13H10ClN3OS/c14-9-4-3-8(7-15)10(6-9)17-13(18)12(16)11-2-1-5-19-11/h1-6,12H,16H2,(H,17,18). The van der Waals surface area contributed by atoms with Gasteiger partial charge in [-0.05, 0) is 29.6 Å². The minimum Gasteiger partial charge on any atom is -0.323 e. The Morgan fingerprint density at radius 1 is 1.47 bits per heavy atom. The summed E-state index contributed by atoms with van der Waals surface area (Å²) in [6.45, 7) is 0. The smallest absolute Gasteiger partial charge is 0.246 e. The van der Waals surface area contributed by atoms with Crippen molar-refractivity contribution in [1.29, 1.82) is 5.26 Å². The molecule has 1 amide bonds. The van der Waals surface area contributed by atoms with E-state index in [9.17, 15) is 4.79 Å². The Bertz CT molecular complexity index is 634. The van der Waals surface area contributed by atoms with Gasteiger partial charge in [-0.25, -0.2) is 0 Å². The first-order chi connectivity index (χ1) is 9.11. The third-order valence-corrected chi connectivity index (χ3v) is 3.68. The highest BCUT2D eigenvalue weighted by Gasteiger charge is 2.18. The SMILES string of the molecule is N#Cc1ccc(Cl)cc1NC(=O)C(N)c1cccs1. The molecule has 1 aromatic carbocycles. The van der Waals surface area contributed by atoms with Crippen LogP contribution < -0.4 is 11.1 Å². The lowest BCUT2D eigenvalue weighted by atomic mass is 10.1. The van der Waals surface area contributed by atoms with Gasteiger partial charge in [0.2, 0.25) is 5.91 Å². The van der Waals surface area contributed by atoms with Gasteiger partial charge >= 0.3 is 0 Å². The van der Waals surface area contributed by atoms with Crippen LogP contribution in [0, 0.1) is 11.3 Å². The Hall–Kier alpha value is -1.87. The molecule has 0 fully saturated rings. The van der Waals surface area contributed by atoms with E-state index in [0.717, 1.165) is 4.88 Å². The highest BCUT2D eigenvalue weighted by Crippen LogP contribution is 2.23. The van der Waals surface area contributed by atoms with Crippen LogP contribution in [-0.4, -0.2) is 5.91 Å². The van der Waals surface area contributed by atoms with Crippen LogP contribution in [0.15, 0.2) is 35.7 Å². The van der Waals surface area contributed by atoms with Gasteiger partial charge in [-0.1, -0.05) is 17.7 Å². The summed E-state index contributed by atoms with van der Waals surface area (Å²) in [4.78, 5) is 12.8. The minimum absolute atomic E-state index is 0.344. The number of nitriles is 1. The quantitative estimate of drug-likeness (QED) is 0.912. The van der Waals surface area contributed by atoms with E-state index in [1.165, 1.54) is 17.4 Å². The van der Waals surface area contributed by atoms with Gasteiger partial charge in [0.1, 0.15) is 12.1 Å². The van der Waals surface area contributed by atoms with Gasteiger partial charge < -0.3 is 11.1 Å². The third kappa shape index (κ3) is 3.12. The number of halogens is 1. The van der Waals surface area contributed by atoms with Crippen LogP contribution in [-0.2, 0) is 4.79 Å². The molecule has 0 bridgehead atoms. The monoisotopic (exact) mass is 291 g/mol. The van der Waals surface area contributed by atoms with Crippen LogP contribution in [0.25, 0.3) is 0 Å². The molecule has 1 unspecified atom stereocenters. The number of carbonyl (C=O) groups excluding carboxylic acids is 1. The molecule has 0 aliphatic carbocycles. The second-order valence-corrected chi connectivity index (χ2v) is 5.20. The number of rotatable bonds is 3. The van der Waals surface area contributed by atoms with Crippen LogP contribution in [0.5, 0.6) is 0 Å². The van der Waals surface area contributed by atoms with Crippen molar-refractivity contribution in [3.05, 3.63) is 51.2 Å². The van der Waals surface area contributed by atoms with E-state index in [0.29, 0.717) is 16.3 Å². The maximum atomic E-state index is 12.0. The predicted molar refractivity (Wildman–Crippen MR) is 76.0 cm³/mol. The summed E-state index contributed by atoms with van der Waals surface area (Å²) in [5.41, 5.74) is 6.55. The Morgan fingerprint density at radius 2 is 2.26 bits per heavy atom. The second-order valence-electron chi connectivity index (χ2n) is 3.78. The first kappa shape index (κ1) is 13.6. The lowest BCUT2D eigenvalue weighted by Crippen LogP contribution is -2.27. The van der Waals surface area contributed by atoms with Gasteiger partial charge in [-0.2, -0.15) is 5.26 Å². The van der Waals surface area contributed by atoms with Crippen LogP contribution in [0.2, 0.25) is 5.02 Å². The fourth-order valence-corrected chi connectivity index (χ4v) is 2.42. The fourth-order valence-electron chi connectivity index (χ4n) is 1.53. The number of nitrogens with zero attached hydrogens (tertiary/aromatic N) is 1. The van der Waals surface area contributed by atoms with E-state index >= 15 is 0 Å². The van der Waals surface area contributed by atoms with E-state index < -0.39 is 6.04 Å². The molecule has 0 aliphatic rings. The highest BCUT2D eigenvalue weighted by atomic mass is 35.5. The number of anilines is 1. The third-order valence-electron chi connectivity index (χ3n) is 2.49. The van der Waals surface area contributed by atoms with Crippen LogP contribution in [0.1, 0.15) is 16.5 Å². The molecule has 0 spiro atoms. The van der Waals surface area contributed by atoms with Crippen molar-refractivity contribution in [2.45, 2.75) is 6.04 Å². The number of thiophene rings is 1. The molecule has 96 valence electrons. The van der Waals surface area contributed by atoms with E-state index in [1.807, 2.05) is 17.5 Å². The molecule has 1 aromatic heterocycles. The molecule has 6 heteroatoms. The maximum absolute atomic E-state index is 12.0. The average molecular weight is 292 g/mol. The van der Waals surface area contributed by atoms with Crippen molar-refractivity contribution < 1.29 is 4.79 Å². The second kappa shape index (κ2) is 5.85. The largest absolute Gasteiger partial charge is 0.323 e. The molecule has 1 atom stereocenters. The first-order valence-electron chi connectivity index (χ1n) is 5.41. The molecular formula is C13H10ClN3OS. The average Bonchev–Trinajstić information content (AvgIpc) is 2.92. The minimum atomic E-state index is -0.759. The summed E-state index contributed by atoms with van der Waals surface area (Å²) in [5, 5.41) is 13.9. The molecule has 1 heterocycles. The number of amides is 1. The van der Waals surface area contributed by atoms with Gasteiger partial charge in [0.15, 0.2) is 0 Å².